The van der Waals surface area contributed by atoms with Crippen LogP contribution in [0.3, 0.4) is 0 Å². The van der Waals surface area contributed by atoms with Crippen molar-refractivity contribution in [1.29, 1.82) is 0 Å². The smallest absolute Gasteiger partial charge is 0.419 e. The van der Waals surface area contributed by atoms with Crippen LogP contribution in [0.25, 0.3) is 16.9 Å². The summed E-state index contributed by atoms with van der Waals surface area (Å²) in [6.07, 6.45) is -2.67. The van der Waals surface area contributed by atoms with Gasteiger partial charge in [-0.3, -0.25) is 4.40 Å². The molecule has 0 fully saturated rings. The molecule has 0 unspecified atom stereocenters. The van der Waals surface area contributed by atoms with Crippen LogP contribution in [0.5, 0.6) is 11.5 Å². The molecule has 2 aromatic heterocycles. The zero-order chi connectivity index (χ0) is 26.9. The number of halogens is 3. The molecule has 194 valence electrons. The fraction of sp³-hybridized carbons (Fsp3) is 0.138. The molecule has 9 heteroatoms. The number of sulfone groups is 1. The van der Waals surface area contributed by atoms with Crippen molar-refractivity contribution < 1.29 is 26.3 Å². The molecule has 0 spiro atoms. The maximum Gasteiger partial charge on any atom is 0.419 e. The van der Waals surface area contributed by atoms with Gasteiger partial charge in [-0.25, -0.2) is 13.4 Å². The zero-order valence-electron chi connectivity index (χ0n) is 20.3. The lowest BCUT2D eigenvalue weighted by Crippen LogP contribution is -2.07. The molecule has 38 heavy (non-hydrogen) atoms. The van der Waals surface area contributed by atoms with Gasteiger partial charge >= 0.3 is 6.18 Å². The van der Waals surface area contributed by atoms with E-state index in [1.807, 2.05) is 30.3 Å². The summed E-state index contributed by atoms with van der Waals surface area (Å²) >= 11 is 0. The van der Waals surface area contributed by atoms with Crippen molar-refractivity contribution in [3.05, 3.63) is 114 Å². The molecule has 5 aromatic rings. The Bertz CT molecular complexity index is 1710. The van der Waals surface area contributed by atoms with Gasteiger partial charge in [0.2, 0.25) is 0 Å². The van der Waals surface area contributed by atoms with Crippen LogP contribution in [-0.2, 0) is 22.4 Å². The third-order valence-electron chi connectivity index (χ3n) is 6.13. The molecule has 0 atom stereocenters. The van der Waals surface area contributed by atoms with Crippen LogP contribution in [0, 0.1) is 0 Å². The molecular weight excluding hydrogens is 513 g/mol. The van der Waals surface area contributed by atoms with Crippen molar-refractivity contribution in [2.24, 2.45) is 0 Å². The third-order valence-corrected chi connectivity index (χ3v) is 7.86. The highest BCUT2D eigenvalue weighted by molar-refractivity contribution is 7.91. The fourth-order valence-corrected chi connectivity index (χ4v) is 5.21. The van der Waals surface area contributed by atoms with E-state index >= 15 is 0 Å². The Kier molecular flexibility index (Phi) is 6.71. The minimum atomic E-state index is -4.57. The van der Waals surface area contributed by atoms with E-state index in [4.69, 9.17) is 4.74 Å². The summed E-state index contributed by atoms with van der Waals surface area (Å²) in [5.74, 6) is 0.699. The number of hydrogen-bond donors (Lipinski definition) is 0. The highest BCUT2D eigenvalue weighted by Crippen LogP contribution is 2.37. The van der Waals surface area contributed by atoms with Crippen molar-refractivity contribution in [2.75, 3.05) is 5.75 Å². The van der Waals surface area contributed by atoms with Crippen molar-refractivity contribution in [1.82, 2.24) is 9.38 Å². The summed E-state index contributed by atoms with van der Waals surface area (Å²) in [5.41, 5.74) is 1.53. The quantitative estimate of drug-likeness (QED) is 0.221. The summed E-state index contributed by atoms with van der Waals surface area (Å²) in [6, 6.07) is 24.9. The van der Waals surface area contributed by atoms with Gasteiger partial charge in [-0.2, -0.15) is 13.2 Å². The monoisotopic (exact) mass is 536 g/mol. The molecule has 0 amide bonds. The standard InChI is InChI=1S/C29H23F3N2O3S/c1-2-38(35,36)24-14-7-13-23(19-24)37-22-12-6-11-21(18-22)27-26(17-20-9-4-3-5-10-20)33-28-25(29(30,31)32)15-8-16-34(27)28/h3-16,18-19H,2,17H2,1H3. The van der Waals surface area contributed by atoms with E-state index < -0.39 is 21.6 Å². The van der Waals surface area contributed by atoms with E-state index in [1.165, 1.54) is 22.6 Å². The van der Waals surface area contributed by atoms with Crippen LogP contribution in [0.2, 0.25) is 0 Å². The van der Waals surface area contributed by atoms with Crippen molar-refractivity contribution in [3.8, 4) is 22.8 Å². The molecule has 0 aliphatic carbocycles. The molecule has 0 bridgehead atoms. The number of ether oxygens (including phenoxy) is 1. The summed E-state index contributed by atoms with van der Waals surface area (Å²) in [7, 11) is -3.42. The average molecular weight is 537 g/mol. The molecule has 3 aromatic carbocycles. The molecule has 0 saturated carbocycles. The molecule has 0 aliphatic rings. The molecule has 5 rings (SSSR count). The van der Waals surface area contributed by atoms with Gasteiger partial charge in [0.1, 0.15) is 17.1 Å². The van der Waals surface area contributed by atoms with Gasteiger partial charge in [-0.15, -0.1) is 0 Å². The molecule has 0 N–H and O–H groups in total. The number of fused-ring (bicyclic) bond motifs is 1. The Morgan fingerprint density at radius 1 is 0.868 bits per heavy atom. The number of benzene rings is 3. The summed E-state index contributed by atoms with van der Waals surface area (Å²) < 4.78 is 73.4. The summed E-state index contributed by atoms with van der Waals surface area (Å²) in [4.78, 5) is 4.60. The SMILES string of the molecule is CCS(=O)(=O)c1cccc(Oc2cccc(-c3c(Cc4ccccc4)nc4c(C(F)(F)F)cccn34)c2)c1. The van der Waals surface area contributed by atoms with Gasteiger partial charge in [0.05, 0.1) is 27.6 Å². The van der Waals surface area contributed by atoms with Crippen LogP contribution < -0.4 is 4.74 Å². The number of aromatic nitrogens is 2. The lowest BCUT2D eigenvalue weighted by Gasteiger charge is -2.11. The predicted molar refractivity (Wildman–Crippen MR) is 139 cm³/mol. The van der Waals surface area contributed by atoms with Gasteiger partial charge in [0, 0.05) is 18.2 Å². The lowest BCUT2D eigenvalue weighted by atomic mass is 10.0. The molecule has 2 heterocycles. The number of nitrogens with zero attached hydrogens (tertiary/aromatic N) is 2. The van der Waals surface area contributed by atoms with Gasteiger partial charge in [0.25, 0.3) is 0 Å². The first-order valence-electron chi connectivity index (χ1n) is 11.9. The highest BCUT2D eigenvalue weighted by atomic mass is 32.2. The molecule has 0 saturated heterocycles. The van der Waals surface area contributed by atoms with Crippen LogP contribution in [0.15, 0.2) is 102 Å². The first kappa shape index (κ1) is 25.5. The van der Waals surface area contributed by atoms with Crippen LogP contribution >= 0.6 is 0 Å². The normalized spacial score (nSPS) is 12.1. The largest absolute Gasteiger partial charge is 0.457 e. The lowest BCUT2D eigenvalue weighted by molar-refractivity contribution is -0.136. The summed E-state index contributed by atoms with van der Waals surface area (Å²) in [6.45, 7) is 1.57. The first-order valence-corrected chi connectivity index (χ1v) is 13.5. The molecule has 5 nitrogen and oxygen atoms in total. The number of imidazole rings is 1. The van der Waals surface area contributed by atoms with Gasteiger partial charge in [-0.05, 0) is 48.0 Å². The topological polar surface area (TPSA) is 60.7 Å². The predicted octanol–water partition coefficient (Wildman–Crippen LogP) is 7.20. The molecular formula is C29H23F3N2O3S. The number of rotatable bonds is 7. The van der Waals surface area contributed by atoms with Gasteiger partial charge < -0.3 is 4.74 Å². The second-order valence-electron chi connectivity index (χ2n) is 8.69. The highest BCUT2D eigenvalue weighted by Gasteiger charge is 2.34. The molecule has 0 radical (unpaired) electrons. The fourth-order valence-electron chi connectivity index (χ4n) is 4.29. The van der Waals surface area contributed by atoms with E-state index in [0.717, 1.165) is 11.6 Å². The van der Waals surface area contributed by atoms with Gasteiger partial charge in [-0.1, -0.05) is 55.5 Å². The van der Waals surface area contributed by atoms with E-state index in [-0.39, 0.29) is 16.3 Å². The maximum atomic E-state index is 13.8. The van der Waals surface area contributed by atoms with E-state index in [2.05, 4.69) is 4.98 Å². The minimum absolute atomic E-state index is 0.0374. The number of alkyl halides is 3. The Balaban J connectivity index is 1.61. The van der Waals surface area contributed by atoms with E-state index in [1.54, 1.807) is 49.5 Å². The minimum Gasteiger partial charge on any atom is -0.457 e. The number of hydrogen-bond acceptors (Lipinski definition) is 4. The van der Waals surface area contributed by atoms with Crippen LogP contribution in [0.4, 0.5) is 13.2 Å². The van der Waals surface area contributed by atoms with Crippen molar-refractivity contribution >= 4 is 15.5 Å². The zero-order valence-corrected chi connectivity index (χ0v) is 21.1. The molecule has 0 aliphatic heterocycles. The third kappa shape index (κ3) is 5.15. The maximum absolute atomic E-state index is 13.8. The Morgan fingerprint density at radius 2 is 1.58 bits per heavy atom. The van der Waals surface area contributed by atoms with E-state index in [9.17, 15) is 21.6 Å². The van der Waals surface area contributed by atoms with Crippen LogP contribution in [-0.4, -0.2) is 23.6 Å². The second-order valence-corrected chi connectivity index (χ2v) is 11.0. The number of pyridine rings is 1. The second kappa shape index (κ2) is 9.98. The van der Waals surface area contributed by atoms with Gasteiger partial charge in [0.15, 0.2) is 9.84 Å². The Labute approximate surface area is 218 Å². The van der Waals surface area contributed by atoms with Crippen molar-refractivity contribution in [3.63, 3.8) is 0 Å². The van der Waals surface area contributed by atoms with E-state index in [0.29, 0.717) is 34.9 Å². The van der Waals surface area contributed by atoms with Crippen LogP contribution in [0.1, 0.15) is 23.7 Å². The Hall–Kier alpha value is -4.11. The first-order chi connectivity index (χ1) is 18.2. The summed E-state index contributed by atoms with van der Waals surface area (Å²) in [5, 5.41) is 0. The average Bonchev–Trinajstić information content (AvgIpc) is 3.26. The van der Waals surface area contributed by atoms with Crippen molar-refractivity contribution in [2.45, 2.75) is 24.4 Å². The Morgan fingerprint density at radius 3 is 2.29 bits per heavy atom.